The number of carbonyl (C=O) groups is 1. The summed E-state index contributed by atoms with van der Waals surface area (Å²) in [6.45, 7) is 0.414. The highest BCUT2D eigenvalue weighted by atomic mass is 16.3. The molecule has 0 saturated heterocycles. The van der Waals surface area contributed by atoms with Crippen molar-refractivity contribution in [2.45, 2.75) is 13.0 Å². The summed E-state index contributed by atoms with van der Waals surface area (Å²) in [5.41, 5.74) is 14.9. The van der Waals surface area contributed by atoms with E-state index in [1.165, 1.54) is 0 Å². The fourth-order valence-corrected chi connectivity index (χ4v) is 2.75. The van der Waals surface area contributed by atoms with E-state index in [0.29, 0.717) is 12.4 Å². The first kappa shape index (κ1) is 20.7. The molecule has 7 N–H and O–H groups in total. The molecule has 0 atom stereocenters. The largest absolute Gasteiger partial charge is 0.396 e. The van der Waals surface area contributed by atoms with Gasteiger partial charge in [0.2, 0.25) is 5.95 Å². The van der Waals surface area contributed by atoms with Gasteiger partial charge in [-0.05, 0) is 41.3 Å². The summed E-state index contributed by atoms with van der Waals surface area (Å²) in [4.78, 5) is 23.7. The summed E-state index contributed by atoms with van der Waals surface area (Å²) in [7, 11) is 0. The third-order valence-corrected chi connectivity index (χ3v) is 4.20. The number of guanidine groups is 1. The number of aliphatic hydroxyl groups is 1. The molecule has 2 aromatic carbocycles. The maximum atomic E-state index is 11.5. The lowest BCUT2D eigenvalue weighted by Crippen LogP contribution is -2.28. The van der Waals surface area contributed by atoms with Gasteiger partial charge < -0.3 is 27.2 Å². The predicted octanol–water partition coefficient (Wildman–Crippen LogP) is 1.91. The number of benzene rings is 2. The number of hydrogen-bond acceptors (Lipinski definition) is 5. The Morgan fingerprint density at radius 3 is 2.40 bits per heavy atom. The fourth-order valence-electron chi connectivity index (χ4n) is 2.75. The molecule has 0 aliphatic heterocycles. The molecular formula is C21H23N7O2. The van der Waals surface area contributed by atoms with Crippen LogP contribution in [0.1, 0.15) is 11.1 Å². The highest BCUT2D eigenvalue weighted by molar-refractivity contribution is 5.90. The Morgan fingerprint density at radius 1 is 1.00 bits per heavy atom. The van der Waals surface area contributed by atoms with E-state index in [0.717, 1.165) is 27.9 Å². The molecule has 0 aliphatic carbocycles. The van der Waals surface area contributed by atoms with Crippen molar-refractivity contribution >= 4 is 23.6 Å². The first-order valence-electron chi connectivity index (χ1n) is 9.29. The summed E-state index contributed by atoms with van der Waals surface area (Å²) in [6.07, 6.45) is 4.08. The topological polar surface area (TPSA) is 152 Å². The van der Waals surface area contributed by atoms with Crippen LogP contribution >= 0.6 is 0 Å². The van der Waals surface area contributed by atoms with Gasteiger partial charge in [0.25, 0.3) is 0 Å². The number of amides is 2. The Morgan fingerprint density at radius 2 is 1.73 bits per heavy atom. The Labute approximate surface area is 173 Å². The standard InChI is InChI=1S/C21H23N7O2/c22-19(23)28-21(30)26-11-15-2-1-3-16(10-15)17-12-24-20(25-13-17)27-18-6-4-14(5-7-18)8-9-29/h1-7,10,12-13,29H,8-9,11H2,(H,24,25,27)(H5,22,23,26,28,30). The lowest BCUT2D eigenvalue weighted by Gasteiger charge is -2.08. The van der Waals surface area contributed by atoms with Gasteiger partial charge in [0, 0.05) is 36.8 Å². The molecule has 2 amide bonds. The van der Waals surface area contributed by atoms with Crippen LogP contribution in [0, 0.1) is 0 Å². The third-order valence-electron chi connectivity index (χ3n) is 4.20. The van der Waals surface area contributed by atoms with Crippen LogP contribution in [0.3, 0.4) is 0 Å². The van der Waals surface area contributed by atoms with Crippen LogP contribution in [-0.2, 0) is 13.0 Å². The van der Waals surface area contributed by atoms with E-state index >= 15 is 0 Å². The van der Waals surface area contributed by atoms with Gasteiger partial charge in [0.05, 0.1) is 0 Å². The number of aliphatic imine (C=N–C) groups is 1. The van der Waals surface area contributed by atoms with Gasteiger partial charge in [-0.25, -0.2) is 14.8 Å². The molecule has 1 heterocycles. The van der Waals surface area contributed by atoms with Crippen molar-refractivity contribution in [3.63, 3.8) is 0 Å². The summed E-state index contributed by atoms with van der Waals surface area (Å²) < 4.78 is 0. The van der Waals surface area contributed by atoms with Crippen molar-refractivity contribution in [1.82, 2.24) is 15.3 Å². The monoisotopic (exact) mass is 405 g/mol. The highest BCUT2D eigenvalue weighted by Crippen LogP contribution is 2.21. The molecule has 0 fully saturated rings. The molecule has 154 valence electrons. The van der Waals surface area contributed by atoms with Gasteiger partial charge in [0.15, 0.2) is 5.96 Å². The van der Waals surface area contributed by atoms with Crippen LogP contribution in [0.4, 0.5) is 16.4 Å². The van der Waals surface area contributed by atoms with Gasteiger partial charge in [-0.3, -0.25) is 0 Å². The van der Waals surface area contributed by atoms with Gasteiger partial charge in [-0.1, -0.05) is 30.3 Å². The number of anilines is 2. The Balaban J connectivity index is 1.64. The van der Waals surface area contributed by atoms with Crippen LogP contribution < -0.4 is 22.1 Å². The van der Waals surface area contributed by atoms with Crippen LogP contribution in [0.5, 0.6) is 0 Å². The molecule has 3 rings (SSSR count). The molecule has 30 heavy (non-hydrogen) atoms. The van der Waals surface area contributed by atoms with Crippen LogP contribution in [-0.4, -0.2) is 33.7 Å². The quantitative estimate of drug-likeness (QED) is 0.297. The van der Waals surface area contributed by atoms with Crippen molar-refractivity contribution in [2.24, 2.45) is 16.5 Å². The summed E-state index contributed by atoms with van der Waals surface area (Å²) >= 11 is 0. The van der Waals surface area contributed by atoms with E-state index in [1.54, 1.807) is 12.4 Å². The van der Waals surface area contributed by atoms with Gasteiger partial charge in [-0.15, -0.1) is 0 Å². The number of rotatable bonds is 7. The molecule has 0 spiro atoms. The van der Waals surface area contributed by atoms with E-state index < -0.39 is 6.03 Å². The molecule has 1 aromatic heterocycles. The Kier molecular flexibility index (Phi) is 6.91. The van der Waals surface area contributed by atoms with E-state index in [-0.39, 0.29) is 19.1 Å². The lowest BCUT2D eigenvalue weighted by atomic mass is 10.1. The van der Waals surface area contributed by atoms with Crippen molar-refractivity contribution in [1.29, 1.82) is 0 Å². The molecule has 0 unspecified atom stereocenters. The highest BCUT2D eigenvalue weighted by Gasteiger charge is 2.04. The van der Waals surface area contributed by atoms with Crippen molar-refractivity contribution < 1.29 is 9.90 Å². The number of nitrogens with zero attached hydrogens (tertiary/aromatic N) is 3. The van der Waals surface area contributed by atoms with Crippen LogP contribution in [0.2, 0.25) is 0 Å². The van der Waals surface area contributed by atoms with E-state index in [1.807, 2.05) is 48.5 Å². The SMILES string of the molecule is NC(N)=NC(=O)NCc1cccc(-c2cnc(Nc3ccc(CCO)cc3)nc2)c1. The second kappa shape index (κ2) is 9.99. The zero-order valence-electron chi connectivity index (χ0n) is 16.2. The minimum absolute atomic E-state index is 0.126. The molecule has 9 nitrogen and oxygen atoms in total. The number of nitrogens with two attached hydrogens (primary N) is 2. The molecule has 9 heteroatoms. The minimum atomic E-state index is -0.594. The van der Waals surface area contributed by atoms with Crippen LogP contribution in [0.25, 0.3) is 11.1 Å². The average molecular weight is 405 g/mol. The average Bonchev–Trinajstić information content (AvgIpc) is 2.74. The summed E-state index contributed by atoms with van der Waals surface area (Å²) in [5, 5.41) is 14.7. The van der Waals surface area contributed by atoms with Crippen molar-refractivity contribution in [3.05, 3.63) is 72.1 Å². The van der Waals surface area contributed by atoms with E-state index in [4.69, 9.17) is 16.6 Å². The Hall–Kier alpha value is -3.98. The minimum Gasteiger partial charge on any atom is -0.396 e. The summed E-state index contributed by atoms with van der Waals surface area (Å²) in [5.74, 6) is 0.197. The molecular weight excluding hydrogens is 382 g/mol. The van der Waals surface area contributed by atoms with E-state index in [9.17, 15) is 4.79 Å². The molecule has 0 aliphatic rings. The van der Waals surface area contributed by atoms with Crippen LogP contribution in [0.15, 0.2) is 65.9 Å². The zero-order chi connectivity index (χ0) is 21.3. The molecule has 0 saturated carbocycles. The maximum Gasteiger partial charge on any atom is 0.344 e. The smallest absolute Gasteiger partial charge is 0.344 e. The maximum absolute atomic E-state index is 11.5. The number of aliphatic hydroxyl groups excluding tert-OH is 1. The number of carbonyl (C=O) groups excluding carboxylic acids is 1. The molecule has 0 bridgehead atoms. The van der Waals surface area contributed by atoms with Crippen molar-refractivity contribution in [2.75, 3.05) is 11.9 Å². The number of aromatic nitrogens is 2. The first-order valence-corrected chi connectivity index (χ1v) is 9.29. The lowest BCUT2D eigenvalue weighted by molar-refractivity contribution is 0.249. The zero-order valence-corrected chi connectivity index (χ0v) is 16.2. The molecule has 0 radical (unpaired) electrons. The molecule has 3 aromatic rings. The first-order chi connectivity index (χ1) is 14.5. The number of urea groups is 1. The third kappa shape index (κ3) is 6.01. The second-order valence-corrected chi connectivity index (χ2v) is 6.49. The van der Waals surface area contributed by atoms with Gasteiger partial charge in [-0.2, -0.15) is 4.99 Å². The Bertz CT molecular complexity index is 1010. The predicted molar refractivity (Wildman–Crippen MR) is 116 cm³/mol. The normalized spacial score (nSPS) is 10.3. The number of nitrogens with one attached hydrogen (secondary N) is 2. The summed E-state index contributed by atoms with van der Waals surface area (Å²) in [6, 6.07) is 14.8. The van der Waals surface area contributed by atoms with Gasteiger partial charge >= 0.3 is 6.03 Å². The second-order valence-electron chi connectivity index (χ2n) is 6.49. The fraction of sp³-hybridized carbons (Fsp3) is 0.143. The van der Waals surface area contributed by atoms with E-state index in [2.05, 4.69) is 25.6 Å². The van der Waals surface area contributed by atoms with Gasteiger partial charge in [0.1, 0.15) is 0 Å². The number of hydrogen-bond donors (Lipinski definition) is 5. The van der Waals surface area contributed by atoms with Crippen molar-refractivity contribution in [3.8, 4) is 11.1 Å².